The van der Waals surface area contributed by atoms with Crippen molar-refractivity contribution in [3.63, 3.8) is 0 Å². The van der Waals surface area contributed by atoms with E-state index in [0.29, 0.717) is 6.61 Å². The van der Waals surface area contributed by atoms with Gasteiger partial charge in [0.25, 0.3) is 0 Å². The number of rotatable bonds is 1. The second kappa shape index (κ2) is 7.34. The van der Waals surface area contributed by atoms with Crippen molar-refractivity contribution in [2.75, 3.05) is 6.61 Å². The SMILES string of the molecule is CC.Cc1ccc2c(c1)C(NC(=O)OC(C)(C)C)CCO2. The molecule has 1 atom stereocenters. The normalized spacial score (nSPS) is 16.8. The van der Waals surface area contributed by atoms with Gasteiger partial charge in [-0.3, -0.25) is 0 Å². The molecule has 1 aromatic carbocycles. The maximum atomic E-state index is 11.8. The van der Waals surface area contributed by atoms with E-state index in [1.54, 1.807) is 0 Å². The van der Waals surface area contributed by atoms with E-state index >= 15 is 0 Å². The molecule has 1 aliphatic rings. The van der Waals surface area contributed by atoms with Crippen LogP contribution in [0.25, 0.3) is 0 Å². The Morgan fingerprint density at radius 1 is 1.33 bits per heavy atom. The van der Waals surface area contributed by atoms with E-state index in [0.717, 1.165) is 23.3 Å². The number of aryl methyl sites for hydroxylation is 1. The van der Waals surface area contributed by atoms with E-state index in [-0.39, 0.29) is 12.1 Å². The van der Waals surface area contributed by atoms with Gasteiger partial charge in [-0.2, -0.15) is 0 Å². The smallest absolute Gasteiger partial charge is 0.408 e. The first-order chi connectivity index (χ1) is 9.85. The second-order valence-electron chi connectivity index (χ2n) is 5.88. The molecule has 0 aromatic heterocycles. The summed E-state index contributed by atoms with van der Waals surface area (Å²) in [6.45, 7) is 12.2. The van der Waals surface area contributed by atoms with Gasteiger partial charge in [0.1, 0.15) is 11.4 Å². The molecule has 0 saturated carbocycles. The molecule has 2 rings (SSSR count). The van der Waals surface area contributed by atoms with E-state index in [4.69, 9.17) is 9.47 Å². The summed E-state index contributed by atoms with van der Waals surface area (Å²) in [6, 6.07) is 5.97. The van der Waals surface area contributed by atoms with Crippen LogP contribution in [0.4, 0.5) is 4.79 Å². The van der Waals surface area contributed by atoms with Gasteiger partial charge >= 0.3 is 6.09 Å². The van der Waals surface area contributed by atoms with Gasteiger partial charge in [-0.25, -0.2) is 4.79 Å². The number of hydrogen-bond acceptors (Lipinski definition) is 3. The van der Waals surface area contributed by atoms with E-state index in [1.807, 2.05) is 53.7 Å². The van der Waals surface area contributed by atoms with Gasteiger partial charge in [0, 0.05) is 12.0 Å². The summed E-state index contributed by atoms with van der Waals surface area (Å²) in [5.74, 6) is 0.845. The van der Waals surface area contributed by atoms with E-state index in [2.05, 4.69) is 11.4 Å². The molecule has 0 bridgehead atoms. The van der Waals surface area contributed by atoms with E-state index < -0.39 is 5.60 Å². The highest BCUT2D eigenvalue weighted by Gasteiger charge is 2.25. The summed E-state index contributed by atoms with van der Waals surface area (Å²) in [7, 11) is 0. The zero-order valence-corrected chi connectivity index (χ0v) is 13.9. The number of carbonyl (C=O) groups excluding carboxylic acids is 1. The molecule has 1 N–H and O–H groups in total. The first kappa shape index (κ1) is 17.3. The lowest BCUT2D eigenvalue weighted by Gasteiger charge is -2.28. The van der Waals surface area contributed by atoms with Gasteiger partial charge in [-0.05, 0) is 33.8 Å². The molecule has 21 heavy (non-hydrogen) atoms. The summed E-state index contributed by atoms with van der Waals surface area (Å²) in [4.78, 5) is 11.8. The summed E-state index contributed by atoms with van der Waals surface area (Å²) in [6.07, 6.45) is 0.377. The summed E-state index contributed by atoms with van der Waals surface area (Å²) >= 11 is 0. The molecule has 1 amide bonds. The van der Waals surface area contributed by atoms with Crippen LogP contribution in [0.1, 0.15) is 58.2 Å². The Bertz CT molecular complexity index is 477. The number of ether oxygens (including phenoxy) is 2. The topological polar surface area (TPSA) is 47.6 Å². The van der Waals surface area contributed by atoms with Crippen molar-refractivity contribution in [1.29, 1.82) is 0 Å². The minimum atomic E-state index is -0.481. The quantitative estimate of drug-likeness (QED) is 0.836. The van der Waals surface area contributed by atoms with Crippen molar-refractivity contribution >= 4 is 6.09 Å². The third-order valence-electron chi connectivity index (χ3n) is 2.90. The number of fused-ring (bicyclic) bond motifs is 1. The standard InChI is InChI=1S/C15H21NO3.C2H6/c1-10-5-6-13-11(9-10)12(7-8-18-13)16-14(17)19-15(2,3)4;1-2/h5-6,9,12H,7-8H2,1-4H3,(H,16,17);1-2H3. The maximum absolute atomic E-state index is 11.8. The molecule has 1 unspecified atom stereocenters. The molecule has 0 aliphatic carbocycles. The Kier molecular flexibility index (Phi) is 6.06. The van der Waals surface area contributed by atoms with Gasteiger partial charge in [-0.15, -0.1) is 0 Å². The molecule has 0 saturated heterocycles. The van der Waals surface area contributed by atoms with Crippen LogP contribution in [0.3, 0.4) is 0 Å². The van der Waals surface area contributed by atoms with E-state index in [9.17, 15) is 4.79 Å². The number of carbonyl (C=O) groups is 1. The average molecular weight is 293 g/mol. The zero-order valence-electron chi connectivity index (χ0n) is 13.9. The molecular weight excluding hydrogens is 266 g/mol. The summed E-state index contributed by atoms with van der Waals surface area (Å²) < 4.78 is 10.9. The van der Waals surface area contributed by atoms with E-state index in [1.165, 1.54) is 0 Å². The first-order valence-electron chi connectivity index (χ1n) is 7.58. The molecule has 1 heterocycles. The largest absolute Gasteiger partial charge is 0.493 e. The third kappa shape index (κ3) is 5.29. The lowest BCUT2D eigenvalue weighted by molar-refractivity contribution is 0.0491. The molecule has 0 spiro atoms. The predicted octanol–water partition coefficient (Wildman–Crippen LogP) is 4.37. The minimum absolute atomic E-state index is 0.0431. The minimum Gasteiger partial charge on any atom is -0.493 e. The number of alkyl carbamates (subject to hydrolysis) is 1. The highest BCUT2D eigenvalue weighted by molar-refractivity contribution is 5.68. The Hall–Kier alpha value is -1.71. The Morgan fingerprint density at radius 3 is 2.62 bits per heavy atom. The molecule has 0 radical (unpaired) electrons. The van der Waals surface area contributed by atoms with Crippen LogP contribution in [0.15, 0.2) is 18.2 Å². The van der Waals surface area contributed by atoms with Crippen molar-refractivity contribution in [3.05, 3.63) is 29.3 Å². The Balaban J connectivity index is 0.00000106. The van der Waals surface area contributed by atoms with Crippen molar-refractivity contribution < 1.29 is 14.3 Å². The molecule has 1 aliphatic heterocycles. The second-order valence-corrected chi connectivity index (χ2v) is 5.88. The molecule has 118 valence electrons. The highest BCUT2D eigenvalue weighted by Crippen LogP contribution is 2.32. The van der Waals surface area contributed by atoms with Gasteiger partial charge in [0.2, 0.25) is 0 Å². The van der Waals surface area contributed by atoms with Gasteiger partial charge in [0.15, 0.2) is 0 Å². The van der Waals surface area contributed by atoms with Crippen LogP contribution in [-0.4, -0.2) is 18.3 Å². The van der Waals surface area contributed by atoms with Crippen LogP contribution in [0, 0.1) is 6.92 Å². The monoisotopic (exact) mass is 293 g/mol. The molecule has 1 aromatic rings. The van der Waals surface area contributed by atoms with Gasteiger partial charge < -0.3 is 14.8 Å². The fourth-order valence-electron chi connectivity index (χ4n) is 2.11. The van der Waals surface area contributed by atoms with Crippen LogP contribution >= 0.6 is 0 Å². The van der Waals surface area contributed by atoms with Crippen LogP contribution in [-0.2, 0) is 4.74 Å². The number of nitrogens with one attached hydrogen (secondary N) is 1. The number of hydrogen-bond donors (Lipinski definition) is 1. The zero-order chi connectivity index (χ0) is 16.0. The molecule has 4 nitrogen and oxygen atoms in total. The van der Waals surface area contributed by atoms with Crippen LogP contribution in [0.5, 0.6) is 5.75 Å². The number of benzene rings is 1. The highest BCUT2D eigenvalue weighted by atomic mass is 16.6. The molecular formula is C17H27NO3. The van der Waals surface area contributed by atoms with Crippen molar-refractivity contribution in [1.82, 2.24) is 5.32 Å². The lowest BCUT2D eigenvalue weighted by atomic mass is 9.99. The van der Waals surface area contributed by atoms with Crippen LogP contribution in [0.2, 0.25) is 0 Å². The van der Waals surface area contributed by atoms with Gasteiger partial charge in [0.05, 0.1) is 12.6 Å². The summed E-state index contributed by atoms with van der Waals surface area (Å²) in [5, 5.41) is 2.92. The van der Waals surface area contributed by atoms with Crippen molar-refractivity contribution in [2.45, 2.75) is 59.6 Å². The Labute approximate surface area is 127 Å². The van der Waals surface area contributed by atoms with Crippen LogP contribution < -0.4 is 10.1 Å². The lowest BCUT2D eigenvalue weighted by Crippen LogP contribution is -2.36. The van der Waals surface area contributed by atoms with Crippen molar-refractivity contribution in [3.8, 4) is 5.75 Å². The number of amides is 1. The summed E-state index contributed by atoms with van der Waals surface area (Å²) in [5.41, 5.74) is 1.70. The average Bonchev–Trinajstić information content (AvgIpc) is 2.39. The fraction of sp³-hybridized carbons (Fsp3) is 0.588. The third-order valence-corrected chi connectivity index (χ3v) is 2.90. The fourth-order valence-corrected chi connectivity index (χ4v) is 2.11. The predicted molar refractivity (Wildman–Crippen MR) is 84.7 cm³/mol. The van der Waals surface area contributed by atoms with Gasteiger partial charge in [-0.1, -0.05) is 31.5 Å². The Morgan fingerprint density at radius 2 is 2.00 bits per heavy atom. The molecule has 4 heteroatoms. The van der Waals surface area contributed by atoms with Crippen molar-refractivity contribution in [2.24, 2.45) is 0 Å². The molecule has 0 fully saturated rings. The first-order valence-corrected chi connectivity index (χ1v) is 7.58. The maximum Gasteiger partial charge on any atom is 0.408 e.